The van der Waals surface area contributed by atoms with Gasteiger partial charge in [0.1, 0.15) is 0 Å². The number of hydrogen-bond donors (Lipinski definition) is 2. The molecule has 0 aliphatic heterocycles. The molecule has 1 aromatic rings. The molecule has 118 valence electrons. The summed E-state index contributed by atoms with van der Waals surface area (Å²) in [6.45, 7) is 7.13. The van der Waals surface area contributed by atoms with Gasteiger partial charge in [0.15, 0.2) is 17.7 Å². The molecule has 21 heavy (non-hydrogen) atoms. The monoisotopic (exact) mass is 297 g/mol. The number of ether oxygens (including phenoxy) is 1. The summed E-state index contributed by atoms with van der Waals surface area (Å²) in [5.41, 5.74) is 0.467. The Kier molecular flexibility index (Phi) is 6.62. The van der Waals surface area contributed by atoms with E-state index < -0.39 is 18.0 Å². The van der Waals surface area contributed by atoms with Crippen LogP contribution in [-0.4, -0.2) is 23.2 Å². The molecule has 4 nitrogen and oxygen atoms in total. The maximum Gasteiger partial charge on any atom is 0.260 e. The van der Waals surface area contributed by atoms with Crippen LogP contribution in [0.25, 0.3) is 0 Å². The first-order valence-corrected chi connectivity index (χ1v) is 7.33. The molecule has 2 atom stereocenters. The van der Waals surface area contributed by atoms with Gasteiger partial charge in [-0.25, -0.2) is 4.39 Å². The molecule has 0 spiro atoms. The molecule has 0 radical (unpaired) electrons. The van der Waals surface area contributed by atoms with Crippen LogP contribution < -0.4 is 10.1 Å². The number of rotatable bonds is 7. The number of amides is 1. The van der Waals surface area contributed by atoms with E-state index in [1.54, 1.807) is 19.9 Å². The molecular weight excluding hydrogens is 273 g/mol. The van der Waals surface area contributed by atoms with Crippen LogP contribution in [0.15, 0.2) is 18.2 Å². The second-order valence-corrected chi connectivity index (χ2v) is 5.15. The summed E-state index contributed by atoms with van der Waals surface area (Å²) in [5.74, 6) is -0.843. The minimum atomic E-state index is -0.780. The molecule has 0 bridgehead atoms. The lowest BCUT2D eigenvalue weighted by atomic mass is 10.1. The molecule has 0 heterocycles. The van der Waals surface area contributed by atoms with E-state index in [1.165, 1.54) is 12.1 Å². The van der Waals surface area contributed by atoms with Gasteiger partial charge >= 0.3 is 0 Å². The first kappa shape index (κ1) is 17.4. The molecule has 0 saturated heterocycles. The zero-order chi connectivity index (χ0) is 16.0. The van der Waals surface area contributed by atoms with Crippen molar-refractivity contribution in [3.05, 3.63) is 29.6 Å². The Morgan fingerprint density at radius 3 is 2.43 bits per heavy atom. The van der Waals surface area contributed by atoms with Crippen LogP contribution in [0.5, 0.6) is 5.75 Å². The topological polar surface area (TPSA) is 58.6 Å². The number of nitrogens with one attached hydrogen (secondary N) is 1. The summed E-state index contributed by atoms with van der Waals surface area (Å²) >= 11 is 0. The molecular formula is C16H24FNO3. The SMILES string of the molecule is CCC(CC)NC(=O)C(C)Oc1ccc([C@H](C)O)cc1F. The summed E-state index contributed by atoms with van der Waals surface area (Å²) in [4.78, 5) is 12.0. The second kappa shape index (κ2) is 7.98. The standard InChI is InChI=1S/C16H24FNO3/c1-5-13(6-2)18-16(20)11(4)21-15-8-7-12(10(3)19)9-14(15)17/h7-11,13,19H,5-6H2,1-4H3,(H,18,20)/t10-,11?/m0/s1. The van der Waals surface area contributed by atoms with Crippen molar-refractivity contribution in [1.82, 2.24) is 5.32 Å². The summed E-state index contributed by atoms with van der Waals surface area (Å²) < 4.78 is 19.2. The quantitative estimate of drug-likeness (QED) is 0.813. The van der Waals surface area contributed by atoms with Crippen LogP contribution >= 0.6 is 0 Å². The van der Waals surface area contributed by atoms with Crippen LogP contribution in [0.2, 0.25) is 0 Å². The maximum atomic E-state index is 13.9. The minimum absolute atomic E-state index is 0.00611. The molecule has 0 aliphatic carbocycles. The van der Waals surface area contributed by atoms with Gasteiger partial charge in [0, 0.05) is 6.04 Å². The van der Waals surface area contributed by atoms with Crippen molar-refractivity contribution in [1.29, 1.82) is 0 Å². The first-order chi connectivity index (χ1) is 9.88. The van der Waals surface area contributed by atoms with Gasteiger partial charge in [-0.2, -0.15) is 0 Å². The van der Waals surface area contributed by atoms with E-state index in [-0.39, 0.29) is 17.7 Å². The van der Waals surface area contributed by atoms with Gasteiger partial charge < -0.3 is 15.2 Å². The highest BCUT2D eigenvalue weighted by molar-refractivity contribution is 5.81. The van der Waals surface area contributed by atoms with Crippen molar-refractivity contribution < 1.29 is 19.0 Å². The van der Waals surface area contributed by atoms with Crippen LogP contribution in [-0.2, 0) is 4.79 Å². The average molecular weight is 297 g/mol. The molecule has 1 unspecified atom stereocenters. The van der Waals surface area contributed by atoms with Gasteiger partial charge in [-0.15, -0.1) is 0 Å². The molecule has 0 saturated carbocycles. The highest BCUT2D eigenvalue weighted by Gasteiger charge is 2.19. The Labute approximate surface area is 125 Å². The lowest BCUT2D eigenvalue weighted by Gasteiger charge is -2.20. The number of carbonyl (C=O) groups excluding carboxylic acids is 1. The van der Waals surface area contributed by atoms with E-state index >= 15 is 0 Å². The van der Waals surface area contributed by atoms with Crippen molar-refractivity contribution in [2.24, 2.45) is 0 Å². The highest BCUT2D eigenvalue weighted by atomic mass is 19.1. The third-order valence-corrected chi connectivity index (χ3v) is 3.44. The number of aliphatic hydroxyl groups excluding tert-OH is 1. The maximum absolute atomic E-state index is 13.9. The molecule has 5 heteroatoms. The largest absolute Gasteiger partial charge is 0.478 e. The van der Waals surface area contributed by atoms with Crippen molar-refractivity contribution >= 4 is 5.91 Å². The molecule has 2 N–H and O–H groups in total. The smallest absolute Gasteiger partial charge is 0.260 e. The zero-order valence-electron chi connectivity index (χ0n) is 13.0. The second-order valence-electron chi connectivity index (χ2n) is 5.15. The van der Waals surface area contributed by atoms with Crippen molar-refractivity contribution in [2.75, 3.05) is 0 Å². The molecule has 0 aromatic heterocycles. The van der Waals surface area contributed by atoms with E-state index in [0.717, 1.165) is 12.8 Å². The fourth-order valence-electron chi connectivity index (χ4n) is 1.93. The van der Waals surface area contributed by atoms with Gasteiger partial charge in [0.05, 0.1) is 6.10 Å². The third kappa shape index (κ3) is 5.01. The predicted octanol–water partition coefficient (Wildman–Crippen LogP) is 2.95. The van der Waals surface area contributed by atoms with Crippen LogP contribution in [0.4, 0.5) is 4.39 Å². The molecule has 1 rings (SSSR count). The lowest BCUT2D eigenvalue weighted by molar-refractivity contribution is -0.128. The molecule has 1 amide bonds. The van der Waals surface area contributed by atoms with Gasteiger partial charge in [-0.1, -0.05) is 19.9 Å². The van der Waals surface area contributed by atoms with Gasteiger partial charge in [0.2, 0.25) is 0 Å². The Morgan fingerprint density at radius 1 is 1.33 bits per heavy atom. The summed E-state index contributed by atoms with van der Waals surface area (Å²) in [6, 6.07) is 4.32. The number of carbonyl (C=O) groups is 1. The Bertz CT molecular complexity index is 473. The Hall–Kier alpha value is -1.62. The van der Waals surface area contributed by atoms with Crippen LogP contribution in [0.1, 0.15) is 52.2 Å². The normalized spacial score (nSPS) is 13.9. The average Bonchev–Trinajstić information content (AvgIpc) is 2.46. The molecule has 1 aromatic carbocycles. The van der Waals surface area contributed by atoms with Gasteiger partial charge in [-0.05, 0) is 44.4 Å². The lowest BCUT2D eigenvalue weighted by Crippen LogP contribution is -2.42. The number of hydrogen-bond acceptors (Lipinski definition) is 3. The molecule has 0 fully saturated rings. The van der Waals surface area contributed by atoms with Crippen LogP contribution in [0, 0.1) is 5.82 Å². The van der Waals surface area contributed by atoms with E-state index in [9.17, 15) is 14.3 Å². The fraction of sp³-hybridized carbons (Fsp3) is 0.562. The number of benzene rings is 1. The Balaban J connectivity index is 2.70. The zero-order valence-corrected chi connectivity index (χ0v) is 13.0. The van der Waals surface area contributed by atoms with Gasteiger partial charge in [-0.3, -0.25) is 4.79 Å². The van der Waals surface area contributed by atoms with E-state index in [2.05, 4.69) is 5.32 Å². The van der Waals surface area contributed by atoms with E-state index in [1.807, 2.05) is 13.8 Å². The first-order valence-electron chi connectivity index (χ1n) is 7.33. The highest BCUT2D eigenvalue weighted by Crippen LogP contribution is 2.23. The number of aliphatic hydroxyl groups is 1. The van der Waals surface area contributed by atoms with E-state index in [0.29, 0.717) is 5.56 Å². The Morgan fingerprint density at radius 2 is 1.95 bits per heavy atom. The van der Waals surface area contributed by atoms with Crippen molar-refractivity contribution in [2.45, 2.75) is 58.8 Å². The summed E-state index contributed by atoms with van der Waals surface area (Å²) in [6.07, 6.45) is 0.153. The van der Waals surface area contributed by atoms with Gasteiger partial charge in [0.25, 0.3) is 5.91 Å². The number of halogens is 1. The van der Waals surface area contributed by atoms with Crippen molar-refractivity contribution in [3.63, 3.8) is 0 Å². The molecule has 0 aliphatic rings. The van der Waals surface area contributed by atoms with Crippen LogP contribution in [0.3, 0.4) is 0 Å². The predicted molar refractivity (Wildman–Crippen MR) is 79.6 cm³/mol. The minimum Gasteiger partial charge on any atom is -0.478 e. The summed E-state index contributed by atoms with van der Waals surface area (Å²) in [5, 5.41) is 12.3. The third-order valence-electron chi connectivity index (χ3n) is 3.44. The fourth-order valence-corrected chi connectivity index (χ4v) is 1.93. The summed E-state index contributed by atoms with van der Waals surface area (Å²) in [7, 11) is 0. The van der Waals surface area contributed by atoms with Crippen molar-refractivity contribution in [3.8, 4) is 5.75 Å². The van der Waals surface area contributed by atoms with E-state index in [4.69, 9.17) is 4.74 Å².